The average Bonchev–Trinajstić information content (AvgIpc) is 2.67. The van der Waals surface area contributed by atoms with E-state index in [4.69, 9.17) is 5.73 Å². The van der Waals surface area contributed by atoms with Crippen LogP contribution in [0.3, 0.4) is 0 Å². The third kappa shape index (κ3) is 2.31. The van der Waals surface area contributed by atoms with Gasteiger partial charge in [-0.3, -0.25) is 0 Å². The van der Waals surface area contributed by atoms with Crippen LogP contribution in [0.25, 0.3) is 0 Å². The maximum Gasteiger partial charge on any atom is 0.0950 e. The van der Waals surface area contributed by atoms with Gasteiger partial charge in [-0.25, -0.2) is 4.98 Å². The lowest BCUT2D eigenvalue weighted by atomic mass is 10.0. The Morgan fingerprint density at radius 3 is 2.56 bits per heavy atom. The maximum atomic E-state index is 5.51. The van der Waals surface area contributed by atoms with E-state index >= 15 is 0 Å². The molecule has 1 heterocycles. The minimum Gasteiger partial charge on any atom is -0.336 e. The van der Waals surface area contributed by atoms with Crippen molar-refractivity contribution in [1.29, 1.82) is 0 Å². The first kappa shape index (κ1) is 13.6. The molecule has 0 aliphatic heterocycles. The summed E-state index contributed by atoms with van der Waals surface area (Å²) in [4.78, 5) is 4.37. The van der Waals surface area contributed by atoms with Gasteiger partial charge in [-0.05, 0) is 23.3 Å². The number of aromatic nitrogens is 2. The van der Waals surface area contributed by atoms with Crippen molar-refractivity contribution in [2.24, 2.45) is 22.5 Å². The molecule has 2 rings (SSSR count). The van der Waals surface area contributed by atoms with Gasteiger partial charge in [0.2, 0.25) is 0 Å². The zero-order valence-corrected chi connectivity index (χ0v) is 12.0. The molecule has 1 aromatic heterocycles. The van der Waals surface area contributed by atoms with Crippen molar-refractivity contribution in [2.45, 2.75) is 40.8 Å². The molecule has 1 aromatic rings. The summed E-state index contributed by atoms with van der Waals surface area (Å²) in [5.41, 5.74) is 7.52. The van der Waals surface area contributed by atoms with Gasteiger partial charge < -0.3 is 15.6 Å². The smallest absolute Gasteiger partial charge is 0.0950 e. The molecule has 0 radical (unpaired) electrons. The topological polar surface area (TPSA) is 55.9 Å². The molecule has 0 amide bonds. The summed E-state index contributed by atoms with van der Waals surface area (Å²) in [5.74, 6) is 0.760. The highest BCUT2D eigenvalue weighted by Gasteiger charge is 2.63. The summed E-state index contributed by atoms with van der Waals surface area (Å²) in [6.07, 6.45) is 3.93. The van der Waals surface area contributed by atoms with Gasteiger partial charge in [0.05, 0.1) is 12.0 Å². The molecule has 3 N–H and O–H groups in total. The Kier molecular flexibility index (Phi) is 3.52. The van der Waals surface area contributed by atoms with E-state index in [2.05, 4.69) is 44.2 Å². The van der Waals surface area contributed by atoms with E-state index < -0.39 is 0 Å². The van der Waals surface area contributed by atoms with E-state index in [1.807, 2.05) is 10.9 Å². The van der Waals surface area contributed by atoms with Crippen molar-refractivity contribution in [1.82, 2.24) is 14.9 Å². The Hall–Kier alpha value is -0.870. The highest BCUT2D eigenvalue weighted by Crippen LogP contribution is 2.67. The molecule has 0 atom stereocenters. The molecule has 0 saturated heterocycles. The molecule has 1 aliphatic carbocycles. The van der Waals surface area contributed by atoms with Crippen molar-refractivity contribution >= 4 is 0 Å². The van der Waals surface area contributed by atoms with E-state index in [0.29, 0.717) is 17.4 Å². The molecule has 4 nitrogen and oxygen atoms in total. The number of hydrogen-bond donors (Lipinski definition) is 2. The molecule has 0 bridgehead atoms. The van der Waals surface area contributed by atoms with E-state index in [0.717, 1.165) is 31.2 Å². The SMILES string of the molecule is CC1(C)C(CNCc2cn(CCN)cn2)C1(C)C. The van der Waals surface area contributed by atoms with E-state index in [9.17, 15) is 0 Å². The Labute approximate surface area is 110 Å². The van der Waals surface area contributed by atoms with Crippen LogP contribution in [0, 0.1) is 16.7 Å². The highest BCUT2D eigenvalue weighted by molar-refractivity contribution is 5.13. The van der Waals surface area contributed by atoms with E-state index in [1.165, 1.54) is 0 Å². The normalized spacial score (nSPS) is 21.2. The van der Waals surface area contributed by atoms with Crippen molar-refractivity contribution in [2.75, 3.05) is 13.1 Å². The van der Waals surface area contributed by atoms with Gasteiger partial charge >= 0.3 is 0 Å². The summed E-state index contributed by atoms with van der Waals surface area (Å²) < 4.78 is 2.04. The minimum absolute atomic E-state index is 0.457. The fourth-order valence-electron chi connectivity index (χ4n) is 2.96. The Bertz CT molecular complexity index is 392. The van der Waals surface area contributed by atoms with Gasteiger partial charge in [-0.2, -0.15) is 0 Å². The van der Waals surface area contributed by atoms with Crippen molar-refractivity contribution < 1.29 is 0 Å². The molecule has 1 saturated carbocycles. The zero-order valence-electron chi connectivity index (χ0n) is 12.0. The number of nitrogens with two attached hydrogens (primary N) is 1. The van der Waals surface area contributed by atoms with Crippen LogP contribution in [0.5, 0.6) is 0 Å². The average molecular weight is 250 g/mol. The summed E-state index contributed by atoms with van der Waals surface area (Å²) in [5, 5.41) is 3.52. The monoisotopic (exact) mass is 250 g/mol. The molecule has 102 valence electrons. The van der Waals surface area contributed by atoms with Crippen LogP contribution in [0.4, 0.5) is 0 Å². The molecule has 0 spiro atoms. The van der Waals surface area contributed by atoms with Crippen LogP contribution in [-0.4, -0.2) is 22.6 Å². The second kappa shape index (κ2) is 4.67. The maximum absolute atomic E-state index is 5.51. The quantitative estimate of drug-likeness (QED) is 0.806. The lowest BCUT2D eigenvalue weighted by molar-refractivity contribution is 0.457. The lowest BCUT2D eigenvalue weighted by Crippen LogP contribution is -2.19. The number of nitrogens with one attached hydrogen (secondary N) is 1. The predicted molar refractivity (Wildman–Crippen MR) is 74.0 cm³/mol. The van der Waals surface area contributed by atoms with Gasteiger partial charge in [0, 0.05) is 25.8 Å². The van der Waals surface area contributed by atoms with Crippen LogP contribution in [0.15, 0.2) is 12.5 Å². The van der Waals surface area contributed by atoms with E-state index in [-0.39, 0.29) is 0 Å². The van der Waals surface area contributed by atoms with Crippen molar-refractivity contribution in [3.8, 4) is 0 Å². The van der Waals surface area contributed by atoms with Gasteiger partial charge in [-0.15, -0.1) is 0 Å². The molecule has 0 unspecified atom stereocenters. The van der Waals surface area contributed by atoms with Gasteiger partial charge in [-0.1, -0.05) is 27.7 Å². The predicted octanol–water partition coefficient (Wildman–Crippen LogP) is 1.61. The number of nitrogens with zero attached hydrogens (tertiary/aromatic N) is 2. The van der Waals surface area contributed by atoms with Gasteiger partial charge in [0.25, 0.3) is 0 Å². The fraction of sp³-hybridized carbons (Fsp3) is 0.786. The van der Waals surface area contributed by atoms with E-state index in [1.54, 1.807) is 0 Å². The third-order valence-corrected chi connectivity index (χ3v) is 5.05. The summed E-state index contributed by atoms with van der Waals surface area (Å²) in [6, 6.07) is 0. The Morgan fingerprint density at radius 1 is 1.33 bits per heavy atom. The largest absolute Gasteiger partial charge is 0.336 e. The van der Waals surface area contributed by atoms with Crippen LogP contribution >= 0.6 is 0 Å². The second-order valence-corrected chi connectivity index (χ2v) is 6.52. The summed E-state index contributed by atoms with van der Waals surface area (Å²) >= 11 is 0. The number of rotatable bonds is 6. The van der Waals surface area contributed by atoms with Crippen LogP contribution in [-0.2, 0) is 13.1 Å². The fourth-order valence-corrected chi connectivity index (χ4v) is 2.96. The molecule has 0 aromatic carbocycles. The third-order valence-electron chi connectivity index (χ3n) is 5.05. The van der Waals surface area contributed by atoms with Crippen molar-refractivity contribution in [3.05, 3.63) is 18.2 Å². The van der Waals surface area contributed by atoms with Gasteiger partial charge in [0.15, 0.2) is 0 Å². The standard InChI is InChI=1S/C14H26N4/c1-13(2)12(14(13,3)4)8-16-7-11-9-18(6-5-15)10-17-11/h9-10,12,16H,5-8,15H2,1-4H3. The minimum atomic E-state index is 0.457. The van der Waals surface area contributed by atoms with Crippen LogP contribution < -0.4 is 11.1 Å². The zero-order chi connectivity index (χ0) is 13.4. The highest BCUT2D eigenvalue weighted by atomic mass is 15.1. The summed E-state index contributed by atoms with van der Waals surface area (Å²) in [6.45, 7) is 12.8. The molecule has 18 heavy (non-hydrogen) atoms. The molecular formula is C14H26N4. The van der Waals surface area contributed by atoms with Crippen LogP contribution in [0.1, 0.15) is 33.4 Å². The Morgan fingerprint density at radius 2 is 2.00 bits per heavy atom. The van der Waals surface area contributed by atoms with Gasteiger partial charge in [0.1, 0.15) is 0 Å². The molecule has 1 aliphatic rings. The number of hydrogen-bond acceptors (Lipinski definition) is 3. The lowest BCUT2D eigenvalue weighted by Gasteiger charge is -2.04. The van der Waals surface area contributed by atoms with Crippen molar-refractivity contribution in [3.63, 3.8) is 0 Å². The molecule has 1 fully saturated rings. The molecule has 4 heteroatoms. The molecular weight excluding hydrogens is 224 g/mol. The summed E-state index contributed by atoms with van der Waals surface area (Å²) in [7, 11) is 0. The second-order valence-electron chi connectivity index (χ2n) is 6.52. The van der Waals surface area contributed by atoms with Crippen LogP contribution in [0.2, 0.25) is 0 Å². The first-order chi connectivity index (χ1) is 8.39. The Balaban J connectivity index is 1.76. The first-order valence-corrected chi connectivity index (χ1v) is 6.81. The number of imidazole rings is 1. The first-order valence-electron chi connectivity index (χ1n) is 6.81.